The van der Waals surface area contributed by atoms with Gasteiger partial charge in [-0.3, -0.25) is 0 Å². The minimum absolute atomic E-state index is 0.0712. The van der Waals surface area contributed by atoms with Crippen LogP contribution in [0.15, 0.2) is 60.7 Å². The van der Waals surface area contributed by atoms with Crippen molar-refractivity contribution in [2.24, 2.45) is 0 Å². The first-order chi connectivity index (χ1) is 12.5. The van der Waals surface area contributed by atoms with Gasteiger partial charge in [-0.25, -0.2) is 0 Å². The maximum Gasteiger partial charge on any atom is 0.245 e. The topological polar surface area (TPSA) is 94.6 Å². The van der Waals surface area contributed by atoms with E-state index in [1.165, 1.54) is 0 Å². The highest BCUT2D eigenvalue weighted by atomic mass is 16.6. The molecule has 1 heterocycles. The van der Waals surface area contributed by atoms with E-state index in [-0.39, 0.29) is 13.2 Å². The van der Waals surface area contributed by atoms with E-state index in [0.29, 0.717) is 13.1 Å². The number of benzene rings is 2. The van der Waals surface area contributed by atoms with Gasteiger partial charge in [0, 0.05) is 11.1 Å². The zero-order valence-electron chi connectivity index (χ0n) is 14.5. The molecule has 0 aliphatic carbocycles. The van der Waals surface area contributed by atoms with E-state index in [2.05, 4.69) is 0 Å². The van der Waals surface area contributed by atoms with Crippen LogP contribution >= 0.6 is 0 Å². The first kappa shape index (κ1) is 19.0. The van der Waals surface area contributed by atoms with E-state index in [0.717, 1.165) is 16.0 Å². The van der Waals surface area contributed by atoms with Gasteiger partial charge in [-0.1, -0.05) is 60.7 Å². The summed E-state index contributed by atoms with van der Waals surface area (Å²) >= 11 is 0. The van der Waals surface area contributed by atoms with E-state index in [1.807, 2.05) is 60.7 Å². The van der Waals surface area contributed by atoms with E-state index in [1.54, 1.807) is 0 Å². The molecule has 0 spiro atoms. The molecule has 1 fully saturated rings. The van der Waals surface area contributed by atoms with Gasteiger partial charge in [-0.2, -0.15) is 0 Å². The van der Waals surface area contributed by atoms with Crippen LogP contribution in [0.5, 0.6) is 0 Å². The third-order valence-corrected chi connectivity index (χ3v) is 4.78. The first-order valence-corrected chi connectivity index (χ1v) is 8.80. The lowest BCUT2D eigenvalue weighted by Gasteiger charge is -2.42. The first-order valence-electron chi connectivity index (χ1n) is 8.80. The van der Waals surface area contributed by atoms with Gasteiger partial charge in [-0.05, 0) is 0 Å². The Balaban J connectivity index is 1.78. The Morgan fingerprint density at radius 3 is 1.88 bits per heavy atom. The molecule has 0 amide bonds. The summed E-state index contributed by atoms with van der Waals surface area (Å²) in [4.78, 5) is 0.965. The third-order valence-electron chi connectivity index (χ3n) is 4.78. The zero-order chi connectivity index (χ0) is 18.6. The van der Waals surface area contributed by atoms with Gasteiger partial charge in [0.05, 0.1) is 6.61 Å². The van der Waals surface area contributed by atoms with Gasteiger partial charge in [0.2, 0.25) is 5.79 Å². The van der Waals surface area contributed by atoms with Crippen LogP contribution in [0.4, 0.5) is 0 Å². The predicted octanol–water partition coefficient (Wildman–Crippen LogP) is -0.927. The number of hydrogen-bond donors (Lipinski definition) is 5. The van der Waals surface area contributed by atoms with Crippen molar-refractivity contribution in [2.45, 2.75) is 37.2 Å². The van der Waals surface area contributed by atoms with Crippen molar-refractivity contribution in [1.29, 1.82) is 0 Å². The predicted molar refractivity (Wildman–Crippen MR) is 95.0 cm³/mol. The normalized spacial score (nSPS) is 29.0. The van der Waals surface area contributed by atoms with Crippen molar-refractivity contribution in [3.8, 4) is 0 Å². The highest BCUT2D eigenvalue weighted by Gasteiger charge is 2.51. The lowest BCUT2D eigenvalue weighted by atomic mass is 9.96. The molecule has 1 saturated heterocycles. The molecule has 5 N–H and O–H groups in total. The lowest BCUT2D eigenvalue weighted by molar-refractivity contribution is -0.938. The fraction of sp³-hybridized carbons (Fsp3) is 0.400. The molecule has 26 heavy (non-hydrogen) atoms. The smallest absolute Gasteiger partial charge is 0.245 e. The Bertz CT molecular complexity index is 642. The molecule has 1 aliphatic heterocycles. The second-order valence-corrected chi connectivity index (χ2v) is 6.91. The maximum atomic E-state index is 10.8. The minimum atomic E-state index is -1.92. The van der Waals surface area contributed by atoms with Crippen molar-refractivity contribution in [1.82, 2.24) is 0 Å². The van der Waals surface area contributed by atoms with Crippen LogP contribution < -0.4 is 4.90 Å². The molecule has 0 radical (unpaired) electrons. The summed E-state index contributed by atoms with van der Waals surface area (Å²) in [5.41, 5.74) is 2.18. The van der Waals surface area contributed by atoms with Gasteiger partial charge in [-0.15, -0.1) is 0 Å². The van der Waals surface area contributed by atoms with E-state index < -0.39 is 24.1 Å². The number of aliphatic hydroxyl groups is 4. The number of quaternary nitrogens is 1. The standard InChI is InChI=1S/C20H25NO5/c22-17-13-26-20(25,19(24)18(17)23)14-21(11-15-7-3-1-4-8-15)12-16-9-5-2-6-10-16/h1-10,17-19,22-25H,11-14H2/p+1/t17-,18-,19+,20-/m1/s1. The highest BCUT2D eigenvalue weighted by Crippen LogP contribution is 2.22. The van der Waals surface area contributed by atoms with E-state index >= 15 is 0 Å². The summed E-state index contributed by atoms with van der Waals surface area (Å²) in [6, 6.07) is 19.7. The van der Waals surface area contributed by atoms with Gasteiger partial charge in [0.25, 0.3) is 0 Å². The van der Waals surface area contributed by atoms with Crippen LogP contribution in [-0.2, 0) is 17.8 Å². The molecule has 140 valence electrons. The fourth-order valence-corrected chi connectivity index (χ4v) is 3.36. The average molecular weight is 360 g/mol. The highest BCUT2D eigenvalue weighted by molar-refractivity contribution is 5.15. The quantitative estimate of drug-likeness (QED) is 0.459. The summed E-state index contributed by atoms with van der Waals surface area (Å²) < 4.78 is 5.34. The summed E-state index contributed by atoms with van der Waals surface area (Å²) in [7, 11) is 0. The summed E-state index contributed by atoms with van der Waals surface area (Å²) in [5, 5.41) is 40.6. The summed E-state index contributed by atoms with van der Waals surface area (Å²) in [6.45, 7) is 1.08. The SMILES string of the molecule is O[C@@H]1[C@H](O)CO[C@](O)(C[NH+](Cc2ccccc2)Cc2ccccc2)[C@H]1O. The van der Waals surface area contributed by atoms with E-state index in [4.69, 9.17) is 4.74 Å². The summed E-state index contributed by atoms with van der Waals surface area (Å²) in [5.74, 6) is -1.92. The molecule has 0 saturated carbocycles. The molecule has 1 aliphatic rings. The van der Waals surface area contributed by atoms with Gasteiger partial charge in [0.15, 0.2) is 0 Å². The lowest BCUT2D eigenvalue weighted by Crippen LogP contribution is -3.12. The van der Waals surface area contributed by atoms with Crippen molar-refractivity contribution >= 4 is 0 Å². The number of nitrogens with one attached hydrogen (secondary N) is 1. The van der Waals surface area contributed by atoms with Crippen LogP contribution in [0.1, 0.15) is 11.1 Å². The molecule has 0 bridgehead atoms. The van der Waals surface area contributed by atoms with Crippen LogP contribution in [-0.4, -0.2) is 57.7 Å². The zero-order valence-corrected chi connectivity index (χ0v) is 14.5. The van der Waals surface area contributed by atoms with Crippen molar-refractivity contribution in [3.63, 3.8) is 0 Å². The molecule has 6 nitrogen and oxygen atoms in total. The van der Waals surface area contributed by atoms with Gasteiger partial charge < -0.3 is 30.1 Å². The number of aliphatic hydroxyl groups excluding tert-OH is 3. The number of rotatable bonds is 6. The second-order valence-electron chi connectivity index (χ2n) is 6.91. The maximum absolute atomic E-state index is 10.8. The molecule has 4 atom stereocenters. The van der Waals surface area contributed by atoms with Crippen molar-refractivity contribution in [3.05, 3.63) is 71.8 Å². The van der Waals surface area contributed by atoms with Crippen LogP contribution in [0.25, 0.3) is 0 Å². The molecule has 2 aromatic rings. The second kappa shape index (κ2) is 8.26. The largest absolute Gasteiger partial charge is 0.388 e. The Morgan fingerprint density at radius 2 is 1.38 bits per heavy atom. The third kappa shape index (κ3) is 4.48. The Hall–Kier alpha value is -1.80. The van der Waals surface area contributed by atoms with Crippen LogP contribution in [0.3, 0.4) is 0 Å². The van der Waals surface area contributed by atoms with Gasteiger partial charge in [0.1, 0.15) is 37.9 Å². The Labute approximate surface area is 152 Å². The monoisotopic (exact) mass is 360 g/mol. The van der Waals surface area contributed by atoms with Gasteiger partial charge >= 0.3 is 0 Å². The number of ether oxygens (including phenoxy) is 1. The Morgan fingerprint density at radius 1 is 0.885 bits per heavy atom. The molecule has 3 rings (SSSR count). The molecule has 0 aromatic heterocycles. The number of hydrogen-bond acceptors (Lipinski definition) is 5. The molecular formula is C20H26NO5+. The van der Waals surface area contributed by atoms with E-state index in [9.17, 15) is 20.4 Å². The van der Waals surface area contributed by atoms with Crippen molar-refractivity contribution in [2.75, 3.05) is 13.2 Å². The molecular weight excluding hydrogens is 334 g/mol. The molecule has 2 aromatic carbocycles. The minimum Gasteiger partial charge on any atom is -0.388 e. The fourth-order valence-electron chi connectivity index (χ4n) is 3.36. The average Bonchev–Trinajstić information content (AvgIpc) is 2.65. The van der Waals surface area contributed by atoms with Crippen LogP contribution in [0, 0.1) is 0 Å². The molecule has 0 unspecified atom stereocenters. The Kier molecular flexibility index (Phi) is 6.03. The van der Waals surface area contributed by atoms with Crippen LogP contribution in [0.2, 0.25) is 0 Å². The van der Waals surface area contributed by atoms with Crippen molar-refractivity contribution < 1.29 is 30.1 Å². The molecule has 6 heteroatoms. The summed E-state index contributed by atoms with van der Waals surface area (Å²) in [6.07, 6.45) is -4.23.